The number of hydrogen-bond donors (Lipinski definition) is 12. The number of fused-ring (bicyclic) bond motifs is 2. The van der Waals surface area contributed by atoms with Gasteiger partial charge in [-0.05, 0) is 0 Å². The van der Waals surface area contributed by atoms with Gasteiger partial charge in [-0.2, -0.15) is 13.6 Å². The molecule has 0 amide bonds. The number of nitrogen functional groups attached to an aromatic ring is 2. The average Bonchev–Trinajstić information content (AvgIpc) is 3.80. The minimum Gasteiger partial charge on any atom is -0.387 e. The third-order valence-corrected chi connectivity index (χ3v) is 14.6. The molecule has 0 radical (unpaired) electrons. The van der Waals surface area contributed by atoms with Crippen LogP contribution in [-0.4, -0.2) is 126 Å². The molecular formula is C22H34N11O20P4+. The molecule has 0 aromatic carbocycles. The van der Waals surface area contributed by atoms with E-state index in [0.29, 0.717) is 0 Å². The number of aryl methyl sites for hydroxylation is 1. The number of aliphatic hydroxyl groups excluding tert-OH is 3. The Balaban J connectivity index is 1.04. The van der Waals surface area contributed by atoms with Gasteiger partial charge >= 0.3 is 36.8 Å². The Morgan fingerprint density at radius 1 is 0.877 bits per heavy atom. The molecule has 0 spiro atoms. The molecule has 6 rings (SSSR count). The Kier molecular flexibility index (Phi) is 11.9. The Morgan fingerprint density at radius 3 is 2.19 bits per heavy atom. The van der Waals surface area contributed by atoms with Crippen LogP contribution in [0.4, 0.5) is 11.9 Å². The van der Waals surface area contributed by atoms with E-state index in [9.17, 15) is 62.7 Å². The van der Waals surface area contributed by atoms with Crippen LogP contribution in [0.1, 0.15) is 12.5 Å². The molecule has 14 N–H and O–H groups in total. The number of H-pyrrole nitrogens is 2. The molecular weight excluding hydrogens is 862 g/mol. The van der Waals surface area contributed by atoms with E-state index in [4.69, 9.17) is 25.7 Å². The van der Waals surface area contributed by atoms with Gasteiger partial charge in [0.15, 0.2) is 23.7 Å². The van der Waals surface area contributed by atoms with Crippen molar-refractivity contribution in [3.05, 3.63) is 33.4 Å². The molecule has 0 bridgehead atoms. The summed E-state index contributed by atoms with van der Waals surface area (Å²) in [6, 6.07) is 0. The number of phosphoric acid groups is 2. The predicted octanol–water partition coefficient (Wildman–Crippen LogP) is -4.20. The minimum absolute atomic E-state index is 0.00544. The molecule has 0 aliphatic carbocycles. The highest BCUT2D eigenvalue weighted by Crippen LogP contribution is 2.68. The number of ether oxygens (including phenoxy) is 3. The fourth-order valence-corrected chi connectivity index (χ4v) is 11.3. The predicted molar refractivity (Wildman–Crippen MR) is 182 cm³/mol. The third kappa shape index (κ3) is 9.12. The average molecular weight is 896 g/mol. The van der Waals surface area contributed by atoms with Crippen LogP contribution in [0.2, 0.25) is 0 Å². The fraction of sp³-hybridized carbons (Fsp3) is 0.545. The summed E-state index contributed by atoms with van der Waals surface area (Å²) in [6.07, 6.45) is -10.1. The van der Waals surface area contributed by atoms with Crippen molar-refractivity contribution in [1.82, 2.24) is 38.9 Å². The lowest BCUT2D eigenvalue weighted by Crippen LogP contribution is -2.47. The Labute approximate surface area is 315 Å². The lowest BCUT2D eigenvalue weighted by molar-refractivity contribution is -0.746. The summed E-state index contributed by atoms with van der Waals surface area (Å²) >= 11 is 0. The summed E-state index contributed by atoms with van der Waals surface area (Å²) in [4.78, 5) is 82.0. The van der Waals surface area contributed by atoms with Gasteiger partial charge in [0.25, 0.3) is 17.1 Å². The molecule has 57 heavy (non-hydrogen) atoms. The van der Waals surface area contributed by atoms with Crippen molar-refractivity contribution in [1.29, 1.82) is 0 Å². The molecule has 4 aromatic rings. The molecule has 2 aliphatic heterocycles. The SMILES string of the molecule is CO[C@@H]1[C@H](O)[C@@H](COP(=O)(O)OP(=O)(O)OP(=O)(O)NP(=O)(O)OC[C@H]2O[C@@H](n3cnc4c(=O)[nH]c(N)nc43)[C@H](O)[C@@H]2O)O[C@H]1[n+]1cn(C)c2c(=O)[nH]c(N)nc21. The summed E-state index contributed by atoms with van der Waals surface area (Å²) in [5.41, 5.74) is 9.50. The first-order chi connectivity index (χ1) is 26.4. The van der Waals surface area contributed by atoms with E-state index in [1.165, 1.54) is 29.6 Å². The van der Waals surface area contributed by atoms with E-state index in [0.717, 1.165) is 15.8 Å². The number of hydrogen-bond acceptors (Lipinski definition) is 21. The van der Waals surface area contributed by atoms with Crippen molar-refractivity contribution < 1.29 is 89.6 Å². The van der Waals surface area contributed by atoms with Gasteiger partial charge in [0.2, 0.25) is 17.7 Å². The highest BCUT2D eigenvalue weighted by Gasteiger charge is 2.51. The zero-order valence-corrected chi connectivity index (χ0v) is 32.3. The number of aromatic amines is 2. The van der Waals surface area contributed by atoms with Crippen molar-refractivity contribution in [2.45, 2.75) is 49.1 Å². The summed E-state index contributed by atoms with van der Waals surface area (Å²) in [6.45, 7) is -2.17. The molecule has 31 nitrogen and oxygen atoms in total. The number of nitrogens with one attached hydrogen (secondary N) is 3. The van der Waals surface area contributed by atoms with E-state index in [-0.39, 0.29) is 34.2 Å². The molecule has 12 atom stereocenters. The number of aromatic nitrogens is 8. The summed E-state index contributed by atoms with van der Waals surface area (Å²) in [5.74, 6) is -0.585. The molecule has 316 valence electrons. The van der Waals surface area contributed by atoms with Crippen molar-refractivity contribution in [2.24, 2.45) is 7.05 Å². The summed E-state index contributed by atoms with van der Waals surface area (Å²) in [7, 11) is -20.8. The van der Waals surface area contributed by atoms with Crippen LogP contribution in [-0.2, 0) is 57.2 Å². The molecule has 35 heteroatoms. The minimum atomic E-state index is -6.17. The number of anilines is 2. The van der Waals surface area contributed by atoms with E-state index >= 15 is 0 Å². The first-order valence-corrected chi connectivity index (χ1v) is 21.7. The normalized spacial score (nSPS) is 29.6. The number of methoxy groups -OCH3 is 1. The third-order valence-electron chi connectivity index (χ3n) is 8.20. The van der Waals surface area contributed by atoms with Crippen LogP contribution in [0.3, 0.4) is 0 Å². The maximum atomic E-state index is 12.6. The smallest absolute Gasteiger partial charge is 0.387 e. The Hall–Kier alpha value is -3.38. The largest absolute Gasteiger partial charge is 0.489 e. The number of nitrogens with zero attached hydrogens (tertiary/aromatic N) is 6. The van der Waals surface area contributed by atoms with Crippen LogP contribution in [0.5, 0.6) is 0 Å². The monoisotopic (exact) mass is 896 g/mol. The maximum Gasteiger partial charge on any atom is 0.489 e. The van der Waals surface area contributed by atoms with Crippen molar-refractivity contribution >= 4 is 65.4 Å². The van der Waals surface area contributed by atoms with Crippen molar-refractivity contribution in [2.75, 3.05) is 31.8 Å². The van der Waals surface area contributed by atoms with E-state index in [2.05, 4.69) is 42.6 Å². The quantitative estimate of drug-likeness (QED) is 0.0397. The van der Waals surface area contributed by atoms with Gasteiger partial charge in [0, 0.05) is 7.11 Å². The summed E-state index contributed by atoms with van der Waals surface area (Å²) in [5, 5.41) is 31.8. The van der Waals surface area contributed by atoms with Gasteiger partial charge in [0.1, 0.15) is 36.6 Å². The molecule has 4 unspecified atom stereocenters. The van der Waals surface area contributed by atoms with Gasteiger partial charge in [-0.1, -0.05) is 4.98 Å². The maximum absolute atomic E-state index is 12.6. The van der Waals surface area contributed by atoms with Gasteiger partial charge < -0.3 is 60.6 Å². The number of nitrogens with two attached hydrogens (primary N) is 2. The molecule has 2 fully saturated rings. The van der Waals surface area contributed by atoms with Crippen molar-refractivity contribution in [3.63, 3.8) is 0 Å². The van der Waals surface area contributed by atoms with Crippen LogP contribution >= 0.6 is 31.1 Å². The highest BCUT2D eigenvalue weighted by atomic mass is 31.3. The lowest BCUT2D eigenvalue weighted by atomic mass is 10.1. The Morgan fingerprint density at radius 2 is 1.51 bits per heavy atom. The first kappa shape index (κ1) is 43.2. The molecule has 2 aliphatic rings. The second-order valence-corrected chi connectivity index (χ2v) is 18.7. The zero-order chi connectivity index (χ0) is 42.0. The van der Waals surface area contributed by atoms with Crippen LogP contribution in [0.25, 0.3) is 22.3 Å². The van der Waals surface area contributed by atoms with Gasteiger partial charge in [0.05, 0.1) is 26.6 Å². The molecule has 6 heterocycles. The van der Waals surface area contributed by atoms with Crippen LogP contribution in [0.15, 0.2) is 22.2 Å². The second kappa shape index (κ2) is 15.7. The molecule has 0 saturated carbocycles. The highest BCUT2D eigenvalue weighted by molar-refractivity contribution is 7.72. The number of rotatable bonds is 15. The topological polar surface area (TPSA) is 457 Å². The van der Waals surface area contributed by atoms with E-state index in [1.54, 1.807) is 0 Å². The van der Waals surface area contributed by atoms with Crippen molar-refractivity contribution in [3.8, 4) is 0 Å². The summed E-state index contributed by atoms with van der Waals surface area (Å²) < 4.78 is 87.5. The number of phosphoric ester groups is 1. The second-order valence-electron chi connectivity index (χ2n) is 12.2. The van der Waals surface area contributed by atoms with Gasteiger partial charge in [-0.15, -0.1) is 4.86 Å². The van der Waals surface area contributed by atoms with E-state index < -0.39 is 105 Å². The molecule has 2 saturated heterocycles. The molecule has 4 aromatic heterocycles. The van der Waals surface area contributed by atoms with Gasteiger partial charge in [-0.3, -0.25) is 37.7 Å². The zero-order valence-electron chi connectivity index (χ0n) is 28.8. The first-order valence-electron chi connectivity index (χ1n) is 15.6. The Bertz CT molecular complexity index is 2490. The number of imidazole rings is 2. The standard InChI is InChI=1S/C22H33N11O20P4/c1-31-6-33(16-10(31)18(38)29-22(24)27-16)20-14(47-2)12(35)8(51-20)4-49-56(43,44)53-57(45,46)52-55(41,42)30-54(39,40)48-3-7-11(34)13(36)19(50-7)32-5-25-9-15(32)26-21(23)28-17(9)37/h5-8,11-14,19-20,34-36H,3-4H2,1-2H3,(H10-,23,24,26,27,28,29,30,37,38,39,40,41,42,43,44,45,46)/p+1/t7-,8-,11-,12-,13-,14-,19-,20-/m1/s1. The van der Waals surface area contributed by atoms with Crippen LogP contribution < -0.4 is 32.0 Å². The van der Waals surface area contributed by atoms with Crippen LogP contribution in [0, 0.1) is 0 Å². The number of aliphatic hydroxyl groups is 3. The van der Waals surface area contributed by atoms with Gasteiger partial charge in [-0.25, -0.2) is 27.8 Å². The lowest BCUT2D eigenvalue weighted by Gasteiger charge is -2.22. The fourth-order valence-electron chi connectivity index (χ4n) is 5.87. The van der Waals surface area contributed by atoms with E-state index in [1.807, 2.05) is 0 Å².